The largest absolute Gasteiger partial charge is 0.481 e. The van der Waals surface area contributed by atoms with Crippen molar-refractivity contribution in [2.24, 2.45) is 0 Å². The molecule has 0 spiro atoms. The SMILES string of the molecule is C[C@H](Oc1ccc(F)cc1)C(=O)NCCSc1ccccc1. The van der Waals surface area contributed by atoms with Gasteiger partial charge in [-0.25, -0.2) is 4.39 Å². The Morgan fingerprint density at radius 1 is 1.18 bits per heavy atom. The van der Waals surface area contributed by atoms with Gasteiger partial charge < -0.3 is 10.1 Å². The zero-order chi connectivity index (χ0) is 15.8. The molecule has 0 saturated carbocycles. The first-order valence-electron chi connectivity index (χ1n) is 7.03. The van der Waals surface area contributed by atoms with E-state index in [-0.39, 0.29) is 11.7 Å². The molecule has 2 rings (SSSR count). The number of rotatable bonds is 7. The highest BCUT2D eigenvalue weighted by molar-refractivity contribution is 7.99. The number of carbonyl (C=O) groups is 1. The molecule has 2 aromatic rings. The molecule has 0 radical (unpaired) electrons. The smallest absolute Gasteiger partial charge is 0.260 e. The minimum absolute atomic E-state index is 0.182. The number of carbonyl (C=O) groups excluding carboxylic acids is 1. The highest BCUT2D eigenvalue weighted by Gasteiger charge is 2.13. The Kier molecular flexibility index (Phi) is 6.27. The number of amides is 1. The molecule has 0 heterocycles. The fourth-order valence-corrected chi connectivity index (χ4v) is 2.56. The van der Waals surface area contributed by atoms with E-state index in [2.05, 4.69) is 5.32 Å². The fourth-order valence-electron chi connectivity index (χ4n) is 1.77. The lowest BCUT2D eigenvalue weighted by Crippen LogP contribution is -2.37. The highest BCUT2D eigenvalue weighted by atomic mass is 32.2. The first-order valence-corrected chi connectivity index (χ1v) is 8.01. The molecule has 22 heavy (non-hydrogen) atoms. The van der Waals surface area contributed by atoms with E-state index < -0.39 is 6.10 Å². The van der Waals surface area contributed by atoms with Crippen LogP contribution in [0.4, 0.5) is 4.39 Å². The molecular formula is C17H18FNO2S. The van der Waals surface area contributed by atoms with E-state index in [1.54, 1.807) is 18.7 Å². The first-order chi connectivity index (χ1) is 10.6. The van der Waals surface area contributed by atoms with Crippen LogP contribution in [0.2, 0.25) is 0 Å². The summed E-state index contributed by atoms with van der Waals surface area (Å²) in [7, 11) is 0. The van der Waals surface area contributed by atoms with Gasteiger partial charge in [-0.2, -0.15) is 0 Å². The van der Waals surface area contributed by atoms with Gasteiger partial charge in [0.1, 0.15) is 11.6 Å². The standard InChI is InChI=1S/C17H18FNO2S/c1-13(21-15-9-7-14(18)8-10-15)17(20)19-11-12-22-16-5-3-2-4-6-16/h2-10,13H,11-12H2,1H3,(H,19,20)/t13-/m0/s1. The van der Waals surface area contributed by atoms with Gasteiger partial charge in [0.25, 0.3) is 5.91 Å². The number of ether oxygens (including phenoxy) is 1. The molecule has 0 bridgehead atoms. The van der Waals surface area contributed by atoms with Crippen LogP contribution in [0.5, 0.6) is 5.75 Å². The summed E-state index contributed by atoms with van der Waals surface area (Å²) in [6, 6.07) is 15.6. The Morgan fingerprint density at radius 2 is 1.86 bits per heavy atom. The minimum Gasteiger partial charge on any atom is -0.481 e. The van der Waals surface area contributed by atoms with Gasteiger partial charge in [0.05, 0.1) is 0 Å². The molecule has 2 aromatic carbocycles. The van der Waals surface area contributed by atoms with Gasteiger partial charge in [0, 0.05) is 17.2 Å². The van der Waals surface area contributed by atoms with Crippen LogP contribution < -0.4 is 10.1 Å². The Morgan fingerprint density at radius 3 is 2.55 bits per heavy atom. The summed E-state index contributed by atoms with van der Waals surface area (Å²) in [5.41, 5.74) is 0. The molecule has 116 valence electrons. The molecular weight excluding hydrogens is 301 g/mol. The van der Waals surface area contributed by atoms with Crippen LogP contribution in [0.25, 0.3) is 0 Å². The number of hydrogen-bond donors (Lipinski definition) is 1. The average Bonchev–Trinajstić information content (AvgIpc) is 2.54. The van der Waals surface area contributed by atoms with Gasteiger partial charge in [-0.15, -0.1) is 11.8 Å². The normalized spacial score (nSPS) is 11.7. The van der Waals surface area contributed by atoms with E-state index in [0.717, 1.165) is 5.75 Å². The third-order valence-corrected chi connectivity index (χ3v) is 3.92. The number of halogens is 1. The minimum atomic E-state index is -0.618. The van der Waals surface area contributed by atoms with Crippen LogP contribution in [0, 0.1) is 5.82 Å². The quantitative estimate of drug-likeness (QED) is 0.627. The maximum Gasteiger partial charge on any atom is 0.260 e. The molecule has 1 atom stereocenters. The monoisotopic (exact) mass is 319 g/mol. The van der Waals surface area contributed by atoms with Crippen molar-refractivity contribution in [3.63, 3.8) is 0 Å². The molecule has 0 aliphatic heterocycles. The Hall–Kier alpha value is -2.01. The molecule has 5 heteroatoms. The van der Waals surface area contributed by atoms with Gasteiger partial charge in [-0.1, -0.05) is 18.2 Å². The molecule has 0 fully saturated rings. The molecule has 0 saturated heterocycles. The van der Waals surface area contributed by atoms with Crippen LogP contribution in [0.1, 0.15) is 6.92 Å². The van der Waals surface area contributed by atoms with E-state index >= 15 is 0 Å². The van der Waals surface area contributed by atoms with Gasteiger partial charge in [0.2, 0.25) is 0 Å². The van der Waals surface area contributed by atoms with Crippen molar-refractivity contribution in [2.75, 3.05) is 12.3 Å². The zero-order valence-electron chi connectivity index (χ0n) is 12.3. The predicted molar refractivity (Wildman–Crippen MR) is 86.7 cm³/mol. The Labute approximate surface area is 133 Å². The molecule has 1 N–H and O–H groups in total. The maximum atomic E-state index is 12.8. The van der Waals surface area contributed by atoms with E-state index in [1.807, 2.05) is 30.3 Å². The second-order valence-electron chi connectivity index (χ2n) is 4.67. The lowest BCUT2D eigenvalue weighted by molar-refractivity contribution is -0.127. The molecule has 0 aliphatic carbocycles. The summed E-state index contributed by atoms with van der Waals surface area (Å²) in [5.74, 6) is 0.752. The van der Waals surface area contributed by atoms with Crippen molar-refractivity contribution in [1.82, 2.24) is 5.32 Å². The molecule has 0 unspecified atom stereocenters. The summed E-state index contributed by atoms with van der Waals surface area (Å²) in [5, 5.41) is 2.83. The third kappa shape index (κ3) is 5.41. The van der Waals surface area contributed by atoms with Crippen LogP contribution >= 0.6 is 11.8 Å². The number of nitrogens with one attached hydrogen (secondary N) is 1. The van der Waals surface area contributed by atoms with E-state index in [4.69, 9.17) is 4.74 Å². The number of hydrogen-bond acceptors (Lipinski definition) is 3. The van der Waals surface area contributed by atoms with Crippen LogP contribution in [-0.2, 0) is 4.79 Å². The summed E-state index contributed by atoms with van der Waals surface area (Å²) in [4.78, 5) is 13.1. The van der Waals surface area contributed by atoms with Gasteiger partial charge in [0.15, 0.2) is 6.10 Å². The number of thioether (sulfide) groups is 1. The van der Waals surface area contributed by atoms with Crippen molar-refractivity contribution in [2.45, 2.75) is 17.9 Å². The van der Waals surface area contributed by atoms with Crippen molar-refractivity contribution in [1.29, 1.82) is 0 Å². The van der Waals surface area contributed by atoms with Gasteiger partial charge >= 0.3 is 0 Å². The van der Waals surface area contributed by atoms with Crippen molar-refractivity contribution in [3.05, 3.63) is 60.4 Å². The van der Waals surface area contributed by atoms with E-state index in [0.29, 0.717) is 12.3 Å². The lowest BCUT2D eigenvalue weighted by Gasteiger charge is -2.14. The average molecular weight is 319 g/mol. The second-order valence-corrected chi connectivity index (χ2v) is 5.83. The Bertz CT molecular complexity index is 589. The van der Waals surface area contributed by atoms with Gasteiger partial charge in [-0.3, -0.25) is 4.79 Å². The summed E-state index contributed by atoms with van der Waals surface area (Å²) >= 11 is 1.68. The molecule has 3 nitrogen and oxygen atoms in total. The molecule has 0 aliphatic rings. The lowest BCUT2D eigenvalue weighted by atomic mass is 10.3. The summed E-state index contributed by atoms with van der Waals surface area (Å²) < 4.78 is 18.3. The van der Waals surface area contributed by atoms with E-state index in [9.17, 15) is 9.18 Å². The first kappa shape index (κ1) is 16.4. The molecule has 0 aromatic heterocycles. The Balaban J connectivity index is 1.69. The van der Waals surface area contributed by atoms with Crippen LogP contribution in [0.15, 0.2) is 59.5 Å². The fraction of sp³-hybridized carbons (Fsp3) is 0.235. The van der Waals surface area contributed by atoms with Crippen LogP contribution in [-0.4, -0.2) is 24.3 Å². The maximum absolute atomic E-state index is 12.8. The number of benzene rings is 2. The topological polar surface area (TPSA) is 38.3 Å². The highest BCUT2D eigenvalue weighted by Crippen LogP contribution is 2.16. The van der Waals surface area contributed by atoms with Crippen molar-refractivity contribution >= 4 is 17.7 Å². The van der Waals surface area contributed by atoms with Crippen molar-refractivity contribution in [3.8, 4) is 5.75 Å². The van der Waals surface area contributed by atoms with Crippen LogP contribution in [0.3, 0.4) is 0 Å². The molecule has 1 amide bonds. The van der Waals surface area contributed by atoms with Gasteiger partial charge in [-0.05, 0) is 43.3 Å². The summed E-state index contributed by atoms with van der Waals surface area (Å²) in [6.07, 6.45) is -0.618. The third-order valence-electron chi connectivity index (χ3n) is 2.91. The predicted octanol–water partition coefficient (Wildman–Crippen LogP) is 3.50. The zero-order valence-corrected chi connectivity index (χ0v) is 13.1. The second kappa shape index (κ2) is 8.44. The summed E-state index contributed by atoms with van der Waals surface area (Å²) in [6.45, 7) is 2.23. The van der Waals surface area contributed by atoms with E-state index in [1.165, 1.54) is 29.2 Å². The van der Waals surface area contributed by atoms with Crippen molar-refractivity contribution < 1.29 is 13.9 Å².